The first kappa shape index (κ1) is 18.7. The van der Waals surface area contributed by atoms with Gasteiger partial charge in [-0.1, -0.05) is 32.4 Å². The molecule has 1 atom stereocenters. The maximum absolute atomic E-state index is 13.4. The zero-order valence-electron chi connectivity index (χ0n) is 12.0. The molecule has 0 aliphatic heterocycles. The van der Waals surface area contributed by atoms with Gasteiger partial charge in [-0.25, -0.2) is 17.9 Å². The molecule has 0 aromatic heterocycles. The zero-order valence-corrected chi connectivity index (χ0v) is 15.1. The van der Waals surface area contributed by atoms with Crippen LogP contribution in [-0.2, 0) is 10.0 Å². The molecule has 0 aliphatic carbocycles. The molecule has 1 aromatic rings. The largest absolute Gasteiger partial charge is 0.492 e. The van der Waals surface area contributed by atoms with Crippen LogP contribution in [0.5, 0.6) is 5.75 Å². The average Bonchev–Trinajstić information content (AvgIpc) is 2.27. The normalized spacial score (nSPS) is 14.0. The van der Waals surface area contributed by atoms with Crippen LogP contribution in [0.3, 0.4) is 0 Å². The molecule has 0 saturated carbocycles. The summed E-state index contributed by atoms with van der Waals surface area (Å²) in [5.74, 6) is -0.878. The van der Waals surface area contributed by atoms with Crippen molar-refractivity contribution in [2.45, 2.75) is 20.8 Å². The van der Waals surface area contributed by atoms with Gasteiger partial charge in [-0.2, -0.15) is 0 Å². The molecule has 0 aliphatic rings. The summed E-state index contributed by atoms with van der Waals surface area (Å²) in [7, 11) is -3.62. The molecule has 8 heteroatoms. The van der Waals surface area contributed by atoms with Crippen molar-refractivity contribution in [1.29, 1.82) is 0 Å². The van der Waals surface area contributed by atoms with Crippen LogP contribution in [0.1, 0.15) is 20.8 Å². The summed E-state index contributed by atoms with van der Waals surface area (Å²) in [6.45, 7) is 5.77. The highest BCUT2D eigenvalue weighted by atomic mass is 79.9. The minimum atomic E-state index is -3.62. The number of primary sulfonamides is 1. The average molecular weight is 403 g/mol. The molecular weight excluding hydrogens is 385 g/mol. The van der Waals surface area contributed by atoms with E-state index in [1.165, 1.54) is 6.07 Å². The number of benzene rings is 1. The van der Waals surface area contributed by atoms with Crippen LogP contribution in [0.2, 0.25) is 5.02 Å². The Hall–Kier alpha value is -0.370. The molecule has 120 valence electrons. The topological polar surface area (TPSA) is 69.4 Å². The van der Waals surface area contributed by atoms with Crippen LogP contribution in [0.15, 0.2) is 16.6 Å². The summed E-state index contributed by atoms with van der Waals surface area (Å²) in [6, 6.07) is 2.54. The molecule has 1 unspecified atom stereocenters. The number of hydrogen-bond donors (Lipinski definition) is 1. The Morgan fingerprint density at radius 2 is 2.00 bits per heavy atom. The van der Waals surface area contributed by atoms with Gasteiger partial charge in [0.1, 0.15) is 11.6 Å². The highest BCUT2D eigenvalue weighted by Gasteiger charge is 2.29. The molecule has 0 spiro atoms. The lowest BCUT2D eigenvalue weighted by molar-refractivity contribution is 0.162. The summed E-state index contributed by atoms with van der Waals surface area (Å²) in [5, 5.41) is 5.08. The van der Waals surface area contributed by atoms with E-state index in [-0.39, 0.29) is 34.5 Å². The van der Waals surface area contributed by atoms with Gasteiger partial charge in [0.05, 0.1) is 21.9 Å². The van der Waals surface area contributed by atoms with Crippen LogP contribution in [-0.4, -0.2) is 20.8 Å². The van der Waals surface area contributed by atoms with Crippen molar-refractivity contribution in [3.8, 4) is 5.75 Å². The monoisotopic (exact) mass is 401 g/mol. The summed E-state index contributed by atoms with van der Waals surface area (Å²) >= 11 is 8.88. The second kappa shape index (κ2) is 6.81. The highest BCUT2D eigenvalue weighted by Crippen LogP contribution is 2.33. The predicted octanol–water partition coefficient (Wildman–Crippen LogP) is 3.57. The van der Waals surface area contributed by atoms with Crippen molar-refractivity contribution in [2.75, 3.05) is 12.4 Å². The number of nitrogens with two attached hydrogens (primary N) is 1. The molecule has 0 saturated heterocycles. The molecule has 1 aromatic carbocycles. The Bertz CT molecular complexity index is 617. The maximum atomic E-state index is 13.4. The third kappa shape index (κ3) is 6.10. The first-order valence-electron chi connectivity index (χ1n) is 6.18. The van der Waals surface area contributed by atoms with E-state index < -0.39 is 15.8 Å². The fourth-order valence-corrected chi connectivity index (χ4v) is 3.54. The minimum Gasteiger partial charge on any atom is -0.492 e. The van der Waals surface area contributed by atoms with Gasteiger partial charge in [-0.3, -0.25) is 0 Å². The number of ether oxygens (including phenoxy) is 1. The Kier molecular flexibility index (Phi) is 6.06. The lowest BCUT2D eigenvalue weighted by Gasteiger charge is -2.30. The minimum absolute atomic E-state index is 0.0221. The van der Waals surface area contributed by atoms with Gasteiger partial charge in [0.2, 0.25) is 10.0 Å². The third-order valence-corrected chi connectivity index (χ3v) is 4.85. The van der Waals surface area contributed by atoms with Gasteiger partial charge < -0.3 is 4.74 Å². The van der Waals surface area contributed by atoms with Crippen LogP contribution < -0.4 is 9.88 Å². The molecule has 0 radical (unpaired) electrons. The number of hydrogen-bond acceptors (Lipinski definition) is 3. The Morgan fingerprint density at radius 1 is 1.43 bits per heavy atom. The van der Waals surface area contributed by atoms with E-state index >= 15 is 0 Å². The van der Waals surface area contributed by atoms with E-state index in [2.05, 4.69) is 15.9 Å². The number of rotatable bonds is 5. The lowest BCUT2D eigenvalue weighted by Crippen LogP contribution is -2.35. The van der Waals surface area contributed by atoms with Crippen LogP contribution >= 0.6 is 27.5 Å². The van der Waals surface area contributed by atoms with E-state index in [0.29, 0.717) is 4.47 Å². The van der Waals surface area contributed by atoms with Crippen molar-refractivity contribution >= 4 is 37.6 Å². The van der Waals surface area contributed by atoms with E-state index in [1.807, 2.05) is 20.8 Å². The molecule has 4 nitrogen and oxygen atoms in total. The molecule has 0 amide bonds. The summed E-state index contributed by atoms with van der Waals surface area (Å²) < 4.78 is 42.1. The van der Waals surface area contributed by atoms with Gasteiger partial charge in [-0.05, 0) is 27.4 Å². The van der Waals surface area contributed by atoms with Crippen molar-refractivity contribution < 1.29 is 17.5 Å². The molecule has 0 fully saturated rings. The predicted molar refractivity (Wildman–Crippen MR) is 85.5 cm³/mol. The lowest BCUT2D eigenvalue weighted by atomic mass is 9.82. The van der Waals surface area contributed by atoms with E-state index in [1.54, 1.807) is 0 Å². The Morgan fingerprint density at radius 3 is 2.48 bits per heavy atom. The maximum Gasteiger partial charge on any atom is 0.209 e. The quantitative estimate of drug-likeness (QED) is 0.765. The summed E-state index contributed by atoms with van der Waals surface area (Å²) in [5.41, 5.74) is -0.329. The first-order chi connectivity index (χ1) is 9.40. The van der Waals surface area contributed by atoms with Crippen molar-refractivity contribution in [3.05, 3.63) is 27.4 Å². The van der Waals surface area contributed by atoms with Crippen molar-refractivity contribution in [3.63, 3.8) is 0 Å². The Labute approximate surface area is 138 Å². The number of halogens is 3. The van der Waals surface area contributed by atoms with Crippen LogP contribution in [0.25, 0.3) is 0 Å². The molecular formula is C13H18BrClFNO3S. The Balaban J connectivity index is 2.90. The van der Waals surface area contributed by atoms with Crippen LogP contribution in [0.4, 0.5) is 4.39 Å². The van der Waals surface area contributed by atoms with Crippen LogP contribution in [0, 0.1) is 17.2 Å². The molecule has 0 heterocycles. The van der Waals surface area contributed by atoms with E-state index in [0.717, 1.165) is 6.07 Å². The zero-order chi connectivity index (χ0) is 16.4. The van der Waals surface area contributed by atoms with Crippen molar-refractivity contribution in [1.82, 2.24) is 0 Å². The van der Waals surface area contributed by atoms with Gasteiger partial charge in [0.25, 0.3) is 0 Å². The molecule has 21 heavy (non-hydrogen) atoms. The van der Waals surface area contributed by atoms with E-state index in [9.17, 15) is 12.8 Å². The third-order valence-electron chi connectivity index (χ3n) is 3.07. The molecule has 1 rings (SSSR count). The fourth-order valence-electron chi connectivity index (χ4n) is 1.63. The summed E-state index contributed by atoms with van der Waals surface area (Å²) in [6.07, 6.45) is 0. The highest BCUT2D eigenvalue weighted by molar-refractivity contribution is 9.10. The standard InChI is InChI=1S/C13H18BrClFNO3S/c1-13(2,3)8(7-21(17,18)19)6-20-12-5-11(16)10(15)4-9(12)14/h4-5,8H,6-7H2,1-3H3,(H2,17,18,19). The molecule has 2 N–H and O–H groups in total. The van der Waals surface area contributed by atoms with Crippen molar-refractivity contribution in [2.24, 2.45) is 16.5 Å². The summed E-state index contributed by atoms with van der Waals surface area (Å²) in [4.78, 5) is 0. The van der Waals surface area contributed by atoms with Gasteiger partial charge in [0, 0.05) is 12.0 Å². The smallest absolute Gasteiger partial charge is 0.209 e. The second-order valence-corrected chi connectivity index (χ2v) is 8.82. The second-order valence-electron chi connectivity index (χ2n) is 5.90. The molecule has 0 bridgehead atoms. The van der Waals surface area contributed by atoms with Gasteiger partial charge in [-0.15, -0.1) is 0 Å². The van der Waals surface area contributed by atoms with E-state index in [4.69, 9.17) is 21.5 Å². The SMILES string of the molecule is CC(C)(C)C(COc1cc(F)c(Cl)cc1Br)CS(N)(=O)=O. The van der Waals surface area contributed by atoms with Gasteiger partial charge in [0.15, 0.2) is 0 Å². The van der Waals surface area contributed by atoms with Gasteiger partial charge >= 0.3 is 0 Å². The number of sulfonamides is 1. The first-order valence-corrected chi connectivity index (χ1v) is 9.06. The fraction of sp³-hybridized carbons (Fsp3) is 0.538.